The Kier molecular flexibility index (Phi) is 9.07. The number of carbonyl (C=O) groups is 1. The van der Waals surface area contributed by atoms with Crippen LogP contribution in [0.5, 0.6) is 11.5 Å². The Labute approximate surface area is 195 Å². The predicted molar refractivity (Wildman–Crippen MR) is 123 cm³/mol. The Balaban J connectivity index is 2.14. The Hall–Kier alpha value is -3.54. The Morgan fingerprint density at radius 1 is 1.18 bits per heavy atom. The van der Waals surface area contributed by atoms with Crippen LogP contribution in [0.2, 0.25) is 0 Å². The second-order valence-corrected chi connectivity index (χ2v) is 8.76. The fraction of sp³-hybridized carbons (Fsp3) is 0.273. The van der Waals surface area contributed by atoms with E-state index in [1.165, 1.54) is 6.21 Å². The number of hydrogen-bond donors (Lipinski definition) is 1. The van der Waals surface area contributed by atoms with Crippen LogP contribution in [0.4, 0.5) is 18.9 Å². The number of rotatable bonds is 11. The number of carbonyl (C=O) groups excluding carboxylic acids is 1. The van der Waals surface area contributed by atoms with Gasteiger partial charge in [0.2, 0.25) is 10.0 Å². The summed E-state index contributed by atoms with van der Waals surface area (Å²) in [5.41, 5.74) is 1.38. The third-order valence-electron chi connectivity index (χ3n) is 4.18. The monoisotopic (exact) mass is 499 g/mol. The van der Waals surface area contributed by atoms with Gasteiger partial charge in [0.05, 0.1) is 30.3 Å². The molecule has 0 unspecified atom stereocenters. The largest absolute Gasteiger partial charge is 0.490 e. The summed E-state index contributed by atoms with van der Waals surface area (Å²) in [5.74, 6) is 0.0929. The van der Waals surface area contributed by atoms with Crippen LogP contribution in [0.1, 0.15) is 18.1 Å². The molecule has 0 spiro atoms. The van der Waals surface area contributed by atoms with Crippen LogP contribution >= 0.6 is 0 Å². The zero-order valence-electron chi connectivity index (χ0n) is 18.5. The van der Waals surface area contributed by atoms with Crippen LogP contribution in [-0.2, 0) is 21.0 Å². The number of nitrogens with one attached hydrogen (secondary N) is 1. The molecule has 12 heteroatoms. The number of anilines is 1. The van der Waals surface area contributed by atoms with Crippen LogP contribution in [0.25, 0.3) is 0 Å². The van der Waals surface area contributed by atoms with Crippen LogP contribution in [0.15, 0.2) is 60.2 Å². The number of ether oxygens (including phenoxy) is 2. The van der Waals surface area contributed by atoms with Crippen LogP contribution in [0, 0.1) is 0 Å². The second kappa shape index (κ2) is 11.5. The first-order valence-corrected chi connectivity index (χ1v) is 11.8. The van der Waals surface area contributed by atoms with Gasteiger partial charge in [-0.2, -0.15) is 18.3 Å². The van der Waals surface area contributed by atoms with Gasteiger partial charge in [0.15, 0.2) is 11.5 Å². The maximum absolute atomic E-state index is 13.0. The van der Waals surface area contributed by atoms with Gasteiger partial charge in [-0.25, -0.2) is 13.8 Å². The highest BCUT2D eigenvalue weighted by atomic mass is 32.2. The van der Waals surface area contributed by atoms with E-state index in [4.69, 9.17) is 9.47 Å². The van der Waals surface area contributed by atoms with Crippen LogP contribution < -0.4 is 19.2 Å². The molecule has 0 bridgehead atoms. The molecule has 1 amide bonds. The summed E-state index contributed by atoms with van der Waals surface area (Å²) in [7, 11) is -4.06. The van der Waals surface area contributed by atoms with E-state index in [-0.39, 0.29) is 12.3 Å². The molecule has 2 aromatic rings. The first kappa shape index (κ1) is 26.7. The lowest BCUT2D eigenvalue weighted by molar-refractivity contribution is -0.137. The highest BCUT2D eigenvalue weighted by molar-refractivity contribution is 7.92. The molecule has 0 aliphatic heterocycles. The van der Waals surface area contributed by atoms with Crippen molar-refractivity contribution >= 4 is 27.8 Å². The first-order valence-electron chi connectivity index (χ1n) is 9.93. The molecule has 0 atom stereocenters. The van der Waals surface area contributed by atoms with Crippen molar-refractivity contribution in [3.63, 3.8) is 0 Å². The van der Waals surface area contributed by atoms with Gasteiger partial charge in [0.1, 0.15) is 13.2 Å². The zero-order valence-corrected chi connectivity index (χ0v) is 19.3. The van der Waals surface area contributed by atoms with Gasteiger partial charge in [-0.1, -0.05) is 18.7 Å². The van der Waals surface area contributed by atoms with Crippen LogP contribution in [-0.4, -0.2) is 46.6 Å². The molecular formula is C22H24F3N3O5S. The van der Waals surface area contributed by atoms with Gasteiger partial charge in [0.25, 0.3) is 5.91 Å². The minimum absolute atomic E-state index is 0.284. The highest BCUT2D eigenvalue weighted by Gasteiger charge is 2.32. The Morgan fingerprint density at radius 3 is 2.53 bits per heavy atom. The van der Waals surface area contributed by atoms with E-state index in [1.54, 1.807) is 31.2 Å². The standard InChI is InChI=1S/C22H24F3N3O5S/c1-4-11-33-19-10-9-16(12-20(19)32-5-2)14-26-27-21(29)15-28(34(3,30)31)18-8-6-7-17(13-18)22(23,24)25/h4,6-10,12-14H,1,5,11,15H2,2-3H3,(H,27,29)/b26-14-. The van der Waals surface area contributed by atoms with Crippen molar-refractivity contribution in [1.29, 1.82) is 0 Å². The van der Waals surface area contributed by atoms with Crippen molar-refractivity contribution in [3.8, 4) is 11.5 Å². The maximum atomic E-state index is 13.0. The minimum atomic E-state index is -4.67. The lowest BCUT2D eigenvalue weighted by Crippen LogP contribution is -2.39. The summed E-state index contributed by atoms with van der Waals surface area (Å²) >= 11 is 0. The fourth-order valence-electron chi connectivity index (χ4n) is 2.72. The maximum Gasteiger partial charge on any atom is 0.416 e. The van der Waals surface area contributed by atoms with Gasteiger partial charge >= 0.3 is 6.18 Å². The van der Waals surface area contributed by atoms with E-state index in [0.29, 0.717) is 34.0 Å². The van der Waals surface area contributed by atoms with Crippen molar-refractivity contribution in [2.75, 3.05) is 30.3 Å². The summed E-state index contributed by atoms with van der Waals surface area (Å²) in [5, 5.41) is 3.78. The third kappa shape index (κ3) is 7.80. The molecule has 0 saturated heterocycles. The molecule has 0 aliphatic rings. The fourth-order valence-corrected chi connectivity index (χ4v) is 3.57. The van der Waals surface area contributed by atoms with E-state index < -0.39 is 34.2 Å². The lowest BCUT2D eigenvalue weighted by atomic mass is 10.2. The van der Waals surface area contributed by atoms with Crippen molar-refractivity contribution in [2.24, 2.45) is 5.10 Å². The van der Waals surface area contributed by atoms with E-state index in [0.717, 1.165) is 24.5 Å². The molecule has 0 aliphatic carbocycles. The normalized spacial score (nSPS) is 11.8. The summed E-state index contributed by atoms with van der Waals surface area (Å²) in [6.45, 7) is 5.28. The zero-order chi connectivity index (χ0) is 25.4. The number of nitrogens with zero attached hydrogens (tertiary/aromatic N) is 2. The van der Waals surface area contributed by atoms with Gasteiger partial charge in [-0.3, -0.25) is 9.10 Å². The molecule has 2 aromatic carbocycles. The predicted octanol–water partition coefficient (Wildman–Crippen LogP) is 3.59. The minimum Gasteiger partial charge on any atom is -0.490 e. The SMILES string of the molecule is C=CCOc1ccc(/C=N\NC(=O)CN(c2cccc(C(F)(F)F)c2)S(C)(=O)=O)cc1OCC. The average Bonchev–Trinajstić information content (AvgIpc) is 2.76. The highest BCUT2D eigenvalue weighted by Crippen LogP contribution is 2.32. The lowest BCUT2D eigenvalue weighted by Gasteiger charge is -2.22. The van der Waals surface area contributed by atoms with Crippen molar-refractivity contribution in [1.82, 2.24) is 5.43 Å². The molecular weight excluding hydrogens is 475 g/mol. The van der Waals surface area contributed by atoms with Crippen molar-refractivity contribution in [3.05, 3.63) is 66.2 Å². The molecule has 1 N–H and O–H groups in total. The Bertz CT molecular complexity index is 1150. The van der Waals surface area contributed by atoms with Crippen LogP contribution in [0.3, 0.4) is 0 Å². The van der Waals surface area contributed by atoms with E-state index >= 15 is 0 Å². The van der Waals surface area contributed by atoms with Crippen molar-refractivity contribution in [2.45, 2.75) is 13.1 Å². The molecule has 0 saturated carbocycles. The van der Waals surface area contributed by atoms with E-state index in [9.17, 15) is 26.4 Å². The van der Waals surface area contributed by atoms with Gasteiger partial charge in [0, 0.05) is 0 Å². The number of alkyl halides is 3. The molecule has 0 aromatic heterocycles. The molecule has 34 heavy (non-hydrogen) atoms. The Morgan fingerprint density at radius 2 is 1.91 bits per heavy atom. The first-order chi connectivity index (χ1) is 16.0. The molecule has 2 rings (SSSR count). The molecule has 8 nitrogen and oxygen atoms in total. The molecule has 184 valence electrons. The number of amides is 1. The summed E-state index contributed by atoms with van der Waals surface area (Å²) in [4.78, 5) is 12.3. The quantitative estimate of drug-likeness (QED) is 0.290. The number of sulfonamides is 1. The number of hydrogen-bond acceptors (Lipinski definition) is 6. The van der Waals surface area contributed by atoms with E-state index in [2.05, 4.69) is 17.1 Å². The van der Waals surface area contributed by atoms with Gasteiger partial charge in [-0.15, -0.1) is 0 Å². The summed E-state index contributed by atoms with van der Waals surface area (Å²) in [6.07, 6.45) is -1.00. The number of hydrazone groups is 1. The third-order valence-corrected chi connectivity index (χ3v) is 5.32. The smallest absolute Gasteiger partial charge is 0.416 e. The van der Waals surface area contributed by atoms with Gasteiger partial charge < -0.3 is 9.47 Å². The summed E-state index contributed by atoms with van der Waals surface area (Å²) < 4.78 is 74.8. The van der Waals surface area contributed by atoms with E-state index in [1.807, 2.05) is 0 Å². The average molecular weight is 500 g/mol. The number of halogens is 3. The molecule has 0 fully saturated rings. The number of benzene rings is 2. The van der Waals surface area contributed by atoms with Crippen molar-refractivity contribution < 1.29 is 35.9 Å². The topological polar surface area (TPSA) is 97.3 Å². The van der Waals surface area contributed by atoms with Gasteiger partial charge in [-0.05, 0) is 48.9 Å². The molecule has 0 radical (unpaired) electrons. The molecule has 0 heterocycles. The summed E-state index contributed by atoms with van der Waals surface area (Å²) in [6, 6.07) is 8.62. The second-order valence-electron chi connectivity index (χ2n) is 6.85.